The minimum absolute atomic E-state index is 0.103. The standard InChI is InChI=1S/C19H30N4O3S/c1-3-8-20-18(24)22-10-6-19(25,7-11-22)16-14-27-17(21-16)12-23-9-4-5-15(23)13-26-2/h3,14-15,25H,1,4-13H2,2H3,(H,20,24). The topological polar surface area (TPSA) is 77.9 Å². The van der Waals surface area contributed by atoms with Crippen LogP contribution in [0.1, 0.15) is 36.4 Å². The summed E-state index contributed by atoms with van der Waals surface area (Å²) in [5, 5.41) is 16.9. The highest BCUT2D eigenvalue weighted by Crippen LogP contribution is 2.34. The number of urea groups is 1. The smallest absolute Gasteiger partial charge is 0.317 e. The maximum Gasteiger partial charge on any atom is 0.317 e. The Hall–Kier alpha value is -1.48. The number of rotatable bonds is 7. The first-order chi connectivity index (χ1) is 13.1. The Morgan fingerprint density at radius 1 is 1.52 bits per heavy atom. The SMILES string of the molecule is C=CCNC(=O)N1CCC(O)(c2csc(CN3CCCC3COC)n2)CC1. The Morgan fingerprint density at radius 3 is 3.00 bits per heavy atom. The van der Waals surface area contributed by atoms with Gasteiger partial charge in [0.15, 0.2) is 0 Å². The molecule has 1 atom stereocenters. The number of ether oxygens (including phenoxy) is 1. The second-order valence-corrected chi connectivity index (χ2v) is 8.28. The molecule has 7 nitrogen and oxygen atoms in total. The van der Waals surface area contributed by atoms with Crippen LogP contribution in [0.15, 0.2) is 18.0 Å². The molecule has 2 aliphatic rings. The van der Waals surface area contributed by atoms with Crippen LogP contribution in [-0.4, -0.2) is 71.9 Å². The third-order valence-electron chi connectivity index (χ3n) is 5.50. The van der Waals surface area contributed by atoms with Gasteiger partial charge in [-0.25, -0.2) is 9.78 Å². The van der Waals surface area contributed by atoms with Crippen molar-refractivity contribution in [3.63, 3.8) is 0 Å². The van der Waals surface area contributed by atoms with E-state index < -0.39 is 5.60 Å². The Kier molecular flexibility index (Phi) is 6.86. The number of carbonyl (C=O) groups is 1. The number of likely N-dealkylation sites (tertiary alicyclic amines) is 2. The second-order valence-electron chi connectivity index (χ2n) is 7.34. The van der Waals surface area contributed by atoms with Gasteiger partial charge in [-0.2, -0.15) is 0 Å². The van der Waals surface area contributed by atoms with Crippen LogP contribution in [0.4, 0.5) is 4.79 Å². The van der Waals surface area contributed by atoms with Gasteiger partial charge in [0, 0.05) is 38.2 Å². The van der Waals surface area contributed by atoms with E-state index in [1.807, 2.05) is 5.38 Å². The molecule has 1 aromatic rings. The van der Waals surface area contributed by atoms with E-state index in [9.17, 15) is 9.90 Å². The van der Waals surface area contributed by atoms with Gasteiger partial charge in [0.2, 0.25) is 0 Å². The van der Waals surface area contributed by atoms with E-state index in [1.165, 1.54) is 12.8 Å². The van der Waals surface area contributed by atoms with E-state index in [4.69, 9.17) is 9.72 Å². The van der Waals surface area contributed by atoms with Crippen LogP contribution in [0.5, 0.6) is 0 Å². The summed E-state index contributed by atoms with van der Waals surface area (Å²) < 4.78 is 5.32. The predicted octanol–water partition coefficient (Wildman–Crippen LogP) is 1.93. The van der Waals surface area contributed by atoms with Crippen LogP contribution < -0.4 is 5.32 Å². The summed E-state index contributed by atoms with van der Waals surface area (Å²) in [4.78, 5) is 20.9. The molecule has 27 heavy (non-hydrogen) atoms. The lowest BCUT2D eigenvalue weighted by molar-refractivity contribution is -0.0200. The minimum atomic E-state index is -0.944. The van der Waals surface area contributed by atoms with Gasteiger partial charge in [-0.15, -0.1) is 17.9 Å². The molecule has 0 saturated carbocycles. The maximum absolute atomic E-state index is 12.0. The largest absolute Gasteiger partial charge is 0.383 e. The highest BCUT2D eigenvalue weighted by atomic mass is 32.1. The molecule has 0 spiro atoms. The first kappa shape index (κ1) is 20.3. The zero-order chi connectivity index (χ0) is 19.3. The van der Waals surface area contributed by atoms with E-state index in [1.54, 1.807) is 29.4 Å². The molecule has 3 rings (SSSR count). The van der Waals surface area contributed by atoms with Crippen molar-refractivity contribution in [2.45, 2.75) is 43.9 Å². The van der Waals surface area contributed by atoms with Crippen molar-refractivity contribution in [2.24, 2.45) is 0 Å². The highest BCUT2D eigenvalue weighted by molar-refractivity contribution is 7.09. The van der Waals surface area contributed by atoms with Gasteiger partial charge < -0.3 is 20.1 Å². The summed E-state index contributed by atoms with van der Waals surface area (Å²) in [6.07, 6.45) is 5.04. The van der Waals surface area contributed by atoms with Gasteiger partial charge in [0.25, 0.3) is 0 Å². The molecular formula is C19H30N4O3S. The van der Waals surface area contributed by atoms with Gasteiger partial charge in [0.1, 0.15) is 10.6 Å². The van der Waals surface area contributed by atoms with Crippen LogP contribution in [-0.2, 0) is 16.9 Å². The number of aromatic nitrogens is 1. The molecule has 0 bridgehead atoms. The summed E-state index contributed by atoms with van der Waals surface area (Å²) in [5.74, 6) is 0. The van der Waals surface area contributed by atoms with E-state index in [0.29, 0.717) is 38.5 Å². The number of thiazole rings is 1. The Labute approximate surface area is 165 Å². The van der Waals surface area contributed by atoms with Crippen LogP contribution >= 0.6 is 11.3 Å². The number of amides is 2. The van der Waals surface area contributed by atoms with Gasteiger partial charge in [-0.05, 0) is 32.2 Å². The summed E-state index contributed by atoms with van der Waals surface area (Å²) >= 11 is 1.61. The molecule has 0 radical (unpaired) electrons. The highest BCUT2D eigenvalue weighted by Gasteiger charge is 2.37. The van der Waals surface area contributed by atoms with E-state index in [2.05, 4.69) is 16.8 Å². The van der Waals surface area contributed by atoms with Gasteiger partial charge in [-0.3, -0.25) is 4.90 Å². The predicted molar refractivity (Wildman–Crippen MR) is 106 cm³/mol. The van der Waals surface area contributed by atoms with E-state index in [-0.39, 0.29) is 6.03 Å². The molecule has 2 aliphatic heterocycles. The van der Waals surface area contributed by atoms with Crippen molar-refractivity contribution >= 4 is 17.4 Å². The molecule has 2 amide bonds. The number of carbonyl (C=O) groups excluding carboxylic acids is 1. The van der Waals surface area contributed by atoms with Gasteiger partial charge in [-0.1, -0.05) is 6.08 Å². The molecule has 2 saturated heterocycles. The number of piperidine rings is 1. The summed E-state index contributed by atoms with van der Waals surface area (Å²) in [6, 6.07) is 0.358. The summed E-state index contributed by atoms with van der Waals surface area (Å²) in [6.45, 7) is 7.74. The minimum Gasteiger partial charge on any atom is -0.383 e. The Morgan fingerprint density at radius 2 is 2.30 bits per heavy atom. The van der Waals surface area contributed by atoms with Crippen molar-refractivity contribution < 1.29 is 14.6 Å². The fourth-order valence-corrected chi connectivity index (χ4v) is 4.77. The monoisotopic (exact) mass is 394 g/mol. The normalized spacial score (nSPS) is 22.7. The van der Waals surface area contributed by atoms with Crippen molar-refractivity contribution in [1.82, 2.24) is 20.1 Å². The first-order valence-corrected chi connectivity index (χ1v) is 10.5. The Bertz CT molecular complexity index is 643. The number of methoxy groups -OCH3 is 1. The van der Waals surface area contributed by atoms with Crippen LogP contribution in [0, 0.1) is 0 Å². The zero-order valence-corrected chi connectivity index (χ0v) is 16.8. The van der Waals surface area contributed by atoms with Gasteiger partial charge in [0.05, 0.1) is 18.8 Å². The van der Waals surface area contributed by atoms with Gasteiger partial charge >= 0.3 is 6.03 Å². The fourth-order valence-electron chi connectivity index (χ4n) is 3.86. The third kappa shape index (κ3) is 4.87. The zero-order valence-electron chi connectivity index (χ0n) is 16.0. The number of hydrogen-bond acceptors (Lipinski definition) is 6. The van der Waals surface area contributed by atoms with E-state index in [0.717, 1.165) is 30.4 Å². The molecule has 150 valence electrons. The first-order valence-electron chi connectivity index (χ1n) is 9.59. The molecule has 8 heteroatoms. The summed E-state index contributed by atoms with van der Waals surface area (Å²) in [7, 11) is 1.75. The summed E-state index contributed by atoms with van der Waals surface area (Å²) in [5.41, 5.74) is -0.197. The average Bonchev–Trinajstić information content (AvgIpc) is 3.31. The Balaban J connectivity index is 1.56. The number of nitrogens with one attached hydrogen (secondary N) is 1. The van der Waals surface area contributed by atoms with Crippen LogP contribution in [0.3, 0.4) is 0 Å². The molecule has 0 aliphatic carbocycles. The van der Waals surface area contributed by atoms with Crippen molar-refractivity contribution in [3.05, 3.63) is 28.7 Å². The molecule has 1 aromatic heterocycles. The van der Waals surface area contributed by atoms with Crippen LogP contribution in [0.2, 0.25) is 0 Å². The van der Waals surface area contributed by atoms with Crippen LogP contribution in [0.25, 0.3) is 0 Å². The molecule has 0 aromatic carbocycles. The number of nitrogens with zero attached hydrogens (tertiary/aromatic N) is 3. The maximum atomic E-state index is 12.0. The molecule has 3 heterocycles. The van der Waals surface area contributed by atoms with Crippen molar-refractivity contribution in [1.29, 1.82) is 0 Å². The van der Waals surface area contributed by atoms with E-state index >= 15 is 0 Å². The quantitative estimate of drug-likeness (QED) is 0.691. The fraction of sp³-hybridized carbons (Fsp3) is 0.684. The number of aliphatic hydroxyl groups is 1. The lowest BCUT2D eigenvalue weighted by Gasteiger charge is -2.37. The molecular weight excluding hydrogens is 364 g/mol. The molecule has 2 N–H and O–H groups in total. The van der Waals surface area contributed by atoms with Crippen molar-refractivity contribution in [2.75, 3.05) is 39.9 Å². The van der Waals surface area contributed by atoms with Crippen molar-refractivity contribution in [3.8, 4) is 0 Å². The number of hydrogen-bond donors (Lipinski definition) is 2. The lowest BCUT2D eigenvalue weighted by atomic mass is 9.89. The average molecular weight is 395 g/mol. The second kappa shape index (κ2) is 9.14. The third-order valence-corrected chi connectivity index (χ3v) is 6.33. The lowest BCUT2D eigenvalue weighted by Crippen LogP contribution is -2.48. The molecule has 1 unspecified atom stereocenters. The molecule has 2 fully saturated rings.